The molecule has 3 atom stereocenters. The zero-order valence-electron chi connectivity index (χ0n) is 12.5. The van der Waals surface area contributed by atoms with Crippen molar-refractivity contribution < 1.29 is 0 Å². The maximum Gasteiger partial charge on any atom is 0.113 e. The van der Waals surface area contributed by atoms with Crippen LogP contribution in [-0.4, -0.2) is 11.5 Å². The van der Waals surface area contributed by atoms with Crippen molar-refractivity contribution in [1.82, 2.24) is 10.3 Å². The molecule has 1 aromatic rings. The van der Waals surface area contributed by atoms with Crippen molar-refractivity contribution in [2.45, 2.75) is 64.8 Å². The number of nitrogens with one attached hydrogen (secondary N) is 1. The molecule has 1 saturated carbocycles. The molecule has 1 aromatic heterocycles. The van der Waals surface area contributed by atoms with Crippen LogP contribution in [0.25, 0.3) is 0 Å². The minimum atomic E-state index is 0.176. The van der Waals surface area contributed by atoms with Crippen molar-refractivity contribution in [1.29, 1.82) is 0 Å². The van der Waals surface area contributed by atoms with Crippen LogP contribution in [0.2, 0.25) is 0 Å². The molecule has 2 aliphatic rings. The zero-order chi connectivity index (χ0) is 13.5. The van der Waals surface area contributed by atoms with Crippen LogP contribution in [0, 0.1) is 11.8 Å². The van der Waals surface area contributed by atoms with E-state index in [4.69, 9.17) is 4.98 Å². The van der Waals surface area contributed by atoms with Gasteiger partial charge in [0, 0.05) is 4.88 Å². The van der Waals surface area contributed by atoms with Crippen molar-refractivity contribution in [2.24, 2.45) is 11.8 Å². The van der Waals surface area contributed by atoms with Crippen molar-refractivity contribution in [3.63, 3.8) is 0 Å². The highest BCUT2D eigenvalue weighted by atomic mass is 32.1. The van der Waals surface area contributed by atoms with Gasteiger partial charge in [-0.3, -0.25) is 0 Å². The van der Waals surface area contributed by atoms with Crippen LogP contribution in [0.15, 0.2) is 0 Å². The van der Waals surface area contributed by atoms with E-state index >= 15 is 0 Å². The summed E-state index contributed by atoms with van der Waals surface area (Å²) in [6.07, 6.45) is 7.64. The van der Waals surface area contributed by atoms with Gasteiger partial charge < -0.3 is 5.32 Å². The molecule has 0 radical (unpaired) electrons. The van der Waals surface area contributed by atoms with Gasteiger partial charge in [0.2, 0.25) is 0 Å². The fourth-order valence-corrected chi connectivity index (χ4v) is 5.13. The number of hydrogen-bond donors (Lipinski definition) is 1. The van der Waals surface area contributed by atoms with Gasteiger partial charge in [0.1, 0.15) is 5.01 Å². The van der Waals surface area contributed by atoms with Gasteiger partial charge in [0.25, 0.3) is 0 Å². The Morgan fingerprint density at radius 3 is 2.84 bits per heavy atom. The maximum absolute atomic E-state index is 5.02. The first-order chi connectivity index (χ1) is 9.14. The zero-order valence-corrected chi connectivity index (χ0v) is 13.3. The number of nitrogens with zero attached hydrogens (tertiary/aromatic N) is 1. The van der Waals surface area contributed by atoms with Crippen LogP contribution in [0.4, 0.5) is 0 Å². The van der Waals surface area contributed by atoms with E-state index in [1.165, 1.54) is 49.2 Å². The number of aromatic nitrogens is 1. The largest absolute Gasteiger partial charge is 0.306 e. The monoisotopic (exact) mass is 278 g/mol. The smallest absolute Gasteiger partial charge is 0.113 e. The highest BCUT2D eigenvalue weighted by molar-refractivity contribution is 7.12. The van der Waals surface area contributed by atoms with Crippen molar-refractivity contribution in [3.05, 3.63) is 15.6 Å². The van der Waals surface area contributed by atoms with Crippen molar-refractivity contribution in [3.8, 4) is 0 Å². The molecule has 1 heterocycles. The first-order valence-corrected chi connectivity index (χ1v) is 8.70. The quantitative estimate of drug-likeness (QED) is 0.907. The summed E-state index contributed by atoms with van der Waals surface area (Å²) in [4.78, 5) is 6.59. The number of hydrogen-bond acceptors (Lipinski definition) is 3. The summed E-state index contributed by atoms with van der Waals surface area (Å²) in [7, 11) is 0. The summed E-state index contributed by atoms with van der Waals surface area (Å²) >= 11 is 2.00. The predicted octanol–water partition coefficient (Wildman–Crippen LogP) is 3.89. The van der Waals surface area contributed by atoms with Crippen molar-refractivity contribution >= 4 is 11.3 Å². The Morgan fingerprint density at radius 2 is 2.16 bits per heavy atom. The maximum atomic E-state index is 5.02. The molecule has 2 nitrogen and oxygen atoms in total. The van der Waals surface area contributed by atoms with Gasteiger partial charge in [-0.2, -0.15) is 0 Å². The van der Waals surface area contributed by atoms with E-state index in [0.29, 0.717) is 0 Å². The molecule has 19 heavy (non-hydrogen) atoms. The summed E-state index contributed by atoms with van der Waals surface area (Å²) in [5, 5.41) is 5.19. The van der Waals surface area contributed by atoms with E-state index in [0.717, 1.165) is 18.4 Å². The highest BCUT2D eigenvalue weighted by Crippen LogP contribution is 2.45. The molecular formula is C16H26N2S. The molecule has 3 unspecified atom stereocenters. The molecule has 0 amide bonds. The Kier molecular flexibility index (Phi) is 3.69. The molecule has 0 spiro atoms. The lowest BCUT2D eigenvalue weighted by molar-refractivity contribution is 0.142. The molecule has 3 rings (SSSR count). The van der Waals surface area contributed by atoms with Crippen LogP contribution < -0.4 is 5.32 Å². The molecule has 0 bridgehead atoms. The van der Waals surface area contributed by atoms with Crippen molar-refractivity contribution in [2.75, 3.05) is 6.54 Å². The number of rotatable bonds is 3. The Balaban J connectivity index is 1.91. The van der Waals surface area contributed by atoms with Gasteiger partial charge in [0.05, 0.1) is 11.2 Å². The molecule has 0 aromatic carbocycles. The molecule has 106 valence electrons. The predicted molar refractivity (Wildman–Crippen MR) is 81.7 cm³/mol. The SMILES string of the molecule is CCNC1(c2nc3c(s2)CCC3)CCC(C)C(C)C1. The second kappa shape index (κ2) is 5.17. The fraction of sp³-hybridized carbons (Fsp3) is 0.812. The van der Waals surface area contributed by atoms with E-state index in [9.17, 15) is 0 Å². The molecular weight excluding hydrogens is 252 g/mol. The molecule has 2 aliphatic carbocycles. The number of fused-ring (bicyclic) bond motifs is 1. The van der Waals surface area contributed by atoms with Gasteiger partial charge in [-0.25, -0.2) is 4.98 Å². The summed E-state index contributed by atoms with van der Waals surface area (Å²) in [5.74, 6) is 1.66. The third kappa shape index (κ3) is 2.36. The lowest BCUT2D eigenvalue weighted by Gasteiger charge is -2.42. The number of thiazole rings is 1. The van der Waals surface area contributed by atoms with Gasteiger partial charge in [0.15, 0.2) is 0 Å². The molecule has 1 fully saturated rings. The lowest BCUT2D eigenvalue weighted by Crippen LogP contribution is -2.47. The first kappa shape index (κ1) is 13.6. The van der Waals surface area contributed by atoms with Crippen LogP contribution in [0.5, 0.6) is 0 Å². The third-order valence-corrected chi connectivity index (χ3v) is 6.55. The molecule has 0 saturated heterocycles. The average molecular weight is 278 g/mol. The standard InChI is InChI=1S/C16H26N2S/c1-4-17-16(9-8-11(2)12(3)10-16)15-18-13-6-5-7-14(13)19-15/h11-12,17H,4-10H2,1-3H3. The summed E-state index contributed by atoms with van der Waals surface area (Å²) < 4.78 is 0. The van der Waals surface area contributed by atoms with Gasteiger partial charge in [-0.1, -0.05) is 20.8 Å². The molecule has 0 aliphatic heterocycles. The van der Waals surface area contributed by atoms with Crippen LogP contribution in [0.1, 0.15) is 62.0 Å². The average Bonchev–Trinajstić information content (AvgIpc) is 2.95. The highest BCUT2D eigenvalue weighted by Gasteiger charge is 2.41. The minimum Gasteiger partial charge on any atom is -0.306 e. The van der Waals surface area contributed by atoms with E-state index in [2.05, 4.69) is 26.1 Å². The molecule has 3 heteroatoms. The molecule has 1 N–H and O–H groups in total. The second-order valence-corrected chi connectivity index (χ2v) is 7.64. The Bertz CT molecular complexity index is 432. The van der Waals surface area contributed by atoms with Crippen LogP contribution in [-0.2, 0) is 18.4 Å². The first-order valence-electron chi connectivity index (χ1n) is 7.88. The third-order valence-electron chi connectivity index (χ3n) is 5.19. The second-order valence-electron chi connectivity index (χ2n) is 6.55. The van der Waals surface area contributed by atoms with E-state index in [1.807, 2.05) is 11.3 Å². The van der Waals surface area contributed by atoms with Gasteiger partial charge in [-0.05, 0) is 56.9 Å². The Morgan fingerprint density at radius 1 is 1.32 bits per heavy atom. The van der Waals surface area contributed by atoms with Gasteiger partial charge >= 0.3 is 0 Å². The fourth-order valence-electron chi connectivity index (χ4n) is 3.78. The van der Waals surface area contributed by atoms with Gasteiger partial charge in [-0.15, -0.1) is 11.3 Å². The summed E-state index contributed by atoms with van der Waals surface area (Å²) in [6.45, 7) is 8.09. The van der Waals surface area contributed by atoms with Crippen LogP contribution >= 0.6 is 11.3 Å². The summed E-state index contributed by atoms with van der Waals surface area (Å²) in [5.41, 5.74) is 1.58. The topological polar surface area (TPSA) is 24.9 Å². The van der Waals surface area contributed by atoms with E-state index in [1.54, 1.807) is 4.88 Å². The Hall–Kier alpha value is -0.410. The Labute approximate surface area is 121 Å². The number of aryl methyl sites for hydroxylation is 2. The van der Waals surface area contributed by atoms with Crippen LogP contribution in [0.3, 0.4) is 0 Å². The normalized spacial score (nSPS) is 34.5. The summed E-state index contributed by atoms with van der Waals surface area (Å²) in [6, 6.07) is 0. The lowest BCUT2D eigenvalue weighted by atomic mass is 9.71. The minimum absolute atomic E-state index is 0.176. The van der Waals surface area contributed by atoms with E-state index in [-0.39, 0.29) is 5.54 Å². The van der Waals surface area contributed by atoms with E-state index < -0.39 is 0 Å².